The van der Waals surface area contributed by atoms with Crippen LogP contribution in [0.5, 0.6) is 0 Å². The molecule has 4 nitrogen and oxygen atoms in total. The fraction of sp³-hybridized carbons (Fsp3) is 0.545. The monoisotopic (exact) mass is 244 g/mol. The molecule has 4 N–H and O–H groups in total. The average Bonchev–Trinajstić information content (AvgIpc) is 2.19. The van der Waals surface area contributed by atoms with Gasteiger partial charge in [0.15, 0.2) is 23.3 Å². The Morgan fingerprint density at radius 1 is 1.24 bits per heavy atom. The lowest BCUT2D eigenvalue weighted by Crippen LogP contribution is -2.16. The lowest BCUT2D eigenvalue weighted by Gasteiger charge is -2.18. The summed E-state index contributed by atoms with van der Waals surface area (Å²) in [5, 5.41) is 2.82. The molecule has 0 aromatic carbocycles. The molecule has 0 aliphatic rings. The molecule has 0 saturated carbocycles. The van der Waals surface area contributed by atoms with Gasteiger partial charge < -0.3 is 10.7 Å². The van der Waals surface area contributed by atoms with Crippen molar-refractivity contribution in [1.82, 2.24) is 4.98 Å². The molecule has 0 saturated heterocycles. The van der Waals surface area contributed by atoms with E-state index in [1.165, 1.54) is 0 Å². The number of aromatic nitrogens is 1. The van der Waals surface area contributed by atoms with Crippen molar-refractivity contribution < 1.29 is 8.78 Å². The Bertz CT molecular complexity index is 388. The van der Waals surface area contributed by atoms with Crippen LogP contribution in [0, 0.1) is 17.0 Å². The van der Waals surface area contributed by atoms with E-state index in [0.29, 0.717) is 6.54 Å². The SMILES string of the molecule is CC(C)(C)CCNc1nc(NN)c(F)cc1F. The molecular formula is C11H18F2N4. The normalized spacial score (nSPS) is 11.4. The quantitative estimate of drug-likeness (QED) is 0.562. The zero-order valence-corrected chi connectivity index (χ0v) is 10.3. The summed E-state index contributed by atoms with van der Waals surface area (Å²) in [6.07, 6.45) is 0.844. The third kappa shape index (κ3) is 4.14. The number of nitrogens with zero attached hydrogens (tertiary/aromatic N) is 1. The first kappa shape index (κ1) is 13.6. The van der Waals surface area contributed by atoms with Crippen LogP contribution >= 0.6 is 0 Å². The van der Waals surface area contributed by atoms with E-state index in [1.54, 1.807) is 0 Å². The number of pyridine rings is 1. The first-order chi connectivity index (χ1) is 7.83. The van der Waals surface area contributed by atoms with Crippen molar-refractivity contribution in [3.63, 3.8) is 0 Å². The largest absolute Gasteiger partial charge is 0.368 e. The Balaban J connectivity index is 2.71. The number of halogens is 2. The lowest BCUT2D eigenvalue weighted by molar-refractivity contribution is 0.389. The van der Waals surface area contributed by atoms with Gasteiger partial charge in [-0.2, -0.15) is 0 Å². The van der Waals surface area contributed by atoms with Crippen LogP contribution < -0.4 is 16.6 Å². The van der Waals surface area contributed by atoms with Crippen molar-refractivity contribution in [2.45, 2.75) is 27.2 Å². The topological polar surface area (TPSA) is 63.0 Å². The van der Waals surface area contributed by atoms with Gasteiger partial charge in [0, 0.05) is 12.6 Å². The molecule has 6 heteroatoms. The lowest BCUT2D eigenvalue weighted by atomic mass is 9.92. The highest BCUT2D eigenvalue weighted by Gasteiger charge is 2.13. The number of nitrogens with two attached hydrogens (primary N) is 1. The van der Waals surface area contributed by atoms with E-state index >= 15 is 0 Å². The van der Waals surface area contributed by atoms with Crippen molar-refractivity contribution in [2.75, 3.05) is 17.3 Å². The van der Waals surface area contributed by atoms with Crippen LogP contribution in [0.2, 0.25) is 0 Å². The maximum Gasteiger partial charge on any atom is 0.178 e. The number of hydrazine groups is 1. The van der Waals surface area contributed by atoms with Crippen molar-refractivity contribution in [3.05, 3.63) is 17.7 Å². The predicted molar refractivity (Wildman–Crippen MR) is 64.5 cm³/mol. The molecule has 0 bridgehead atoms. The Morgan fingerprint density at radius 3 is 2.35 bits per heavy atom. The molecular weight excluding hydrogens is 226 g/mol. The van der Waals surface area contributed by atoms with Gasteiger partial charge in [-0.15, -0.1) is 0 Å². The minimum absolute atomic E-state index is 0.00333. The number of rotatable bonds is 4. The summed E-state index contributed by atoms with van der Waals surface area (Å²) in [5.41, 5.74) is 2.21. The molecule has 0 unspecified atom stereocenters. The summed E-state index contributed by atoms with van der Waals surface area (Å²) in [6.45, 7) is 6.80. The zero-order chi connectivity index (χ0) is 13.1. The van der Waals surface area contributed by atoms with Gasteiger partial charge in [0.2, 0.25) is 0 Å². The molecule has 0 aliphatic carbocycles. The van der Waals surface area contributed by atoms with Gasteiger partial charge in [0.05, 0.1) is 0 Å². The van der Waals surface area contributed by atoms with Gasteiger partial charge in [-0.25, -0.2) is 19.6 Å². The minimum atomic E-state index is -0.814. The molecule has 0 amide bonds. The molecule has 1 aromatic heterocycles. The first-order valence-corrected chi connectivity index (χ1v) is 5.40. The van der Waals surface area contributed by atoms with Crippen LogP contribution in [-0.4, -0.2) is 11.5 Å². The Hall–Kier alpha value is -1.43. The first-order valence-electron chi connectivity index (χ1n) is 5.40. The van der Waals surface area contributed by atoms with Crippen LogP contribution in [0.3, 0.4) is 0 Å². The number of nitrogen functional groups attached to an aromatic ring is 1. The summed E-state index contributed by atoms with van der Waals surface area (Å²) >= 11 is 0. The summed E-state index contributed by atoms with van der Waals surface area (Å²) in [7, 11) is 0. The highest BCUT2D eigenvalue weighted by molar-refractivity contribution is 5.46. The third-order valence-electron chi connectivity index (χ3n) is 2.23. The van der Waals surface area contributed by atoms with E-state index < -0.39 is 11.6 Å². The number of nitrogens with one attached hydrogen (secondary N) is 2. The smallest absolute Gasteiger partial charge is 0.178 e. The molecule has 1 heterocycles. The highest BCUT2D eigenvalue weighted by Crippen LogP contribution is 2.21. The molecule has 1 rings (SSSR count). The van der Waals surface area contributed by atoms with E-state index in [4.69, 9.17) is 5.84 Å². The number of hydrogen-bond donors (Lipinski definition) is 3. The summed E-state index contributed by atoms with van der Waals surface area (Å²) < 4.78 is 26.4. The zero-order valence-electron chi connectivity index (χ0n) is 10.3. The average molecular weight is 244 g/mol. The van der Waals surface area contributed by atoms with E-state index in [-0.39, 0.29) is 17.1 Å². The number of hydrogen-bond acceptors (Lipinski definition) is 4. The van der Waals surface area contributed by atoms with Crippen molar-refractivity contribution in [3.8, 4) is 0 Å². The fourth-order valence-electron chi connectivity index (χ4n) is 1.25. The maximum absolute atomic E-state index is 13.4. The van der Waals surface area contributed by atoms with E-state index in [0.717, 1.165) is 12.5 Å². The van der Waals surface area contributed by atoms with E-state index in [1.807, 2.05) is 0 Å². The second kappa shape index (κ2) is 5.27. The molecule has 17 heavy (non-hydrogen) atoms. The predicted octanol–water partition coefficient (Wildman–Crippen LogP) is 2.49. The highest BCUT2D eigenvalue weighted by atomic mass is 19.1. The van der Waals surface area contributed by atoms with E-state index in [2.05, 4.69) is 36.5 Å². The van der Waals surface area contributed by atoms with Crippen LogP contribution in [0.15, 0.2) is 6.07 Å². The van der Waals surface area contributed by atoms with Gasteiger partial charge in [-0.05, 0) is 11.8 Å². The second-order valence-corrected chi connectivity index (χ2v) is 5.03. The van der Waals surface area contributed by atoms with Crippen molar-refractivity contribution in [2.24, 2.45) is 11.3 Å². The molecule has 0 spiro atoms. The summed E-state index contributed by atoms with van der Waals surface area (Å²) in [6, 6.07) is 0.752. The molecule has 0 radical (unpaired) electrons. The van der Waals surface area contributed by atoms with E-state index in [9.17, 15) is 8.78 Å². The Kier molecular flexibility index (Phi) is 4.22. The van der Waals surface area contributed by atoms with Crippen molar-refractivity contribution >= 4 is 11.6 Å². The molecule has 0 atom stereocenters. The summed E-state index contributed by atoms with van der Waals surface area (Å²) in [4.78, 5) is 3.71. The van der Waals surface area contributed by atoms with Crippen LogP contribution in [-0.2, 0) is 0 Å². The maximum atomic E-state index is 13.4. The fourth-order valence-corrected chi connectivity index (χ4v) is 1.25. The molecule has 0 aliphatic heterocycles. The Morgan fingerprint density at radius 2 is 1.82 bits per heavy atom. The molecule has 1 aromatic rings. The summed E-state index contributed by atoms with van der Waals surface area (Å²) in [5.74, 6) is 3.35. The van der Waals surface area contributed by atoms with Crippen molar-refractivity contribution in [1.29, 1.82) is 0 Å². The Labute approximate surface area is 99.6 Å². The second-order valence-electron chi connectivity index (χ2n) is 5.03. The number of anilines is 2. The van der Waals surface area contributed by atoms with Gasteiger partial charge in [-0.1, -0.05) is 20.8 Å². The van der Waals surface area contributed by atoms with Crippen LogP contribution in [0.25, 0.3) is 0 Å². The van der Waals surface area contributed by atoms with Gasteiger partial charge in [0.25, 0.3) is 0 Å². The minimum Gasteiger partial charge on any atom is -0.368 e. The van der Waals surface area contributed by atoms with Crippen LogP contribution in [0.4, 0.5) is 20.4 Å². The van der Waals surface area contributed by atoms with Crippen LogP contribution in [0.1, 0.15) is 27.2 Å². The van der Waals surface area contributed by atoms with Gasteiger partial charge in [0.1, 0.15) is 0 Å². The molecule has 0 fully saturated rings. The van der Waals surface area contributed by atoms with Gasteiger partial charge in [-0.3, -0.25) is 0 Å². The third-order valence-corrected chi connectivity index (χ3v) is 2.23. The standard InChI is InChI=1S/C11H18F2N4/c1-11(2,3)4-5-15-9-7(12)6-8(13)10(16-9)17-14/h6H,4-5,14H2,1-3H3,(H2,15,16,17). The molecule has 96 valence electrons. The van der Waals surface area contributed by atoms with Gasteiger partial charge >= 0.3 is 0 Å².